The van der Waals surface area contributed by atoms with Gasteiger partial charge < -0.3 is 4.74 Å². The maximum absolute atomic E-state index is 11.0. The highest BCUT2D eigenvalue weighted by molar-refractivity contribution is 7.71. The molecule has 0 aliphatic carbocycles. The minimum atomic E-state index is -0.498. The van der Waals surface area contributed by atoms with E-state index in [0.717, 1.165) is 12.8 Å². The van der Waals surface area contributed by atoms with Gasteiger partial charge in [-0.25, -0.2) is 0 Å². The number of aromatic amines is 1. The molecule has 0 unspecified atom stereocenters. The molecule has 0 fully saturated rings. The van der Waals surface area contributed by atoms with Crippen molar-refractivity contribution in [2.75, 3.05) is 7.11 Å². The highest BCUT2D eigenvalue weighted by Gasteiger charge is 2.14. The van der Waals surface area contributed by atoms with Crippen LogP contribution in [0.2, 0.25) is 0 Å². The Labute approximate surface area is 131 Å². The molecule has 116 valence electrons. The van der Waals surface area contributed by atoms with Gasteiger partial charge in [0, 0.05) is 18.1 Å². The van der Waals surface area contributed by atoms with Crippen molar-refractivity contribution in [3.8, 4) is 5.75 Å². The predicted molar refractivity (Wildman–Crippen MR) is 84.0 cm³/mol. The van der Waals surface area contributed by atoms with Crippen LogP contribution >= 0.6 is 12.2 Å². The number of hydrogen-bond donors (Lipinski definition) is 1. The van der Waals surface area contributed by atoms with E-state index in [1.165, 1.54) is 30.1 Å². The zero-order chi connectivity index (χ0) is 16.1. The molecule has 22 heavy (non-hydrogen) atoms. The van der Waals surface area contributed by atoms with Gasteiger partial charge in [0.15, 0.2) is 11.6 Å². The fraction of sp³-hybridized carbons (Fsp3) is 0.308. The summed E-state index contributed by atoms with van der Waals surface area (Å²) in [6.45, 7) is 2.03. The Morgan fingerprint density at radius 2 is 2.36 bits per heavy atom. The molecule has 0 saturated heterocycles. The fourth-order valence-corrected chi connectivity index (χ4v) is 2.08. The Morgan fingerprint density at radius 3 is 3.00 bits per heavy atom. The lowest BCUT2D eigenvalue weighted by Gasteiger charge is -2.02. The second-order valence-corrected chi connectivity index (χ2v) is 4.83. The van der Waals surface area contributed by atoms with Gasteiger partial charge in [-0.1, -0.05) is 6.92 Å². The van der Waals surface area contributed by atoms with Crippen LogP contribution in [0.3, 0.4) is 0 Å². The summed E-state index contributed by atoms with van der Waals surface area (Å²) in [5, 5.41) is 22.0. The number of aromatic nitrogens is 3. The number of benzene rings is 1. The summed E-state index contributed by atoms with van der Waals surface area (Å²) < 4.78 is 6.85. The second-order valence-electron chi connectivity index (χ2n) is 4.44. The second kappa shape index (κ2) is 6.94. The van der Waals surface area contributed by atoms with Crippen LogP contribution in [-0.2, 0) is 6.42 Å². The Morgan fingerprint density at radius 1 is 1.59 bits per heavy atom. The van der Waals surface area contributed by atoms with Crippen molar-refractivity contribution >= 4 is 24.1 Å². The van der Waals surface area contributed by atoms with Crippen LogP contribution in [0.1, 0.15) is 24.7 Å². The average molecular weight is 321 g/mol. The number of methoxy groups -OCH3 is 1. The van der Waals surface area contributed by atoms with Crippen LogP contribution in [-0.4, -0.2) is 33.1 Å². The molecule has 2 rings (SSSR count). The zero-order valence-electron chi connectivity index (χ0n) is 12.1. The van der Waals surface area contributed by atoms with Crippen molar-refractivity contribution in [1.82, 2.24) is 14.9 Å². The Kier molecular flexibility index (Phi) is 4.99. The largest absolute Gasteiger partial charge is 0.490 e. The molecule has 0 spiro atoms. The summed E-state index contributed by atoms with van der Waals surface area (Å²) in [6.07, 6.45) is 3.13. The molecule has 0 saturated carbocycles. The molecular weight excluding hydrogens is 306 g/mol. The molecule has 0 bridgehead atoms. The molecule has 1 aromatic heterocycles. The molecular formula is C13H15N5O3S. The summed E-state index contributed by atoms with van der Waals surface area (Å²) in [4.78, 5) is 10.5. The minimum absolute atomic E-state index is 0.115. The highest BCUT2D eigenvalue weighted by Crippen LogP contribution is 2.26. The first-order chi connectivity index (χ1) is 10.6. The minimum Gasteiger partial charge on any atom is -0.490 e. The molecule has 1 heterocycles. The smallest absolute Gasteiger partial charge is 0.311 e. The van der Waals surface area contributed by atoms with Gasteiger partial charge in [0.2, 0.25) is 4.77 Å². The van der Waals surface area contributed by atoms with Crippen molar-refractivity contribution in [2.45, 2.75) is 19.8 Å². The number of aryl methyl sites for hydroxylation is 1. The number of nitrogens with one attached hydrogen (secondary N) is 1. The van der Waals surface area contributed by atoms with E-state index in [0.29, 0.717) is 16.2 Å². The monoisotopic (exact) mass is 321 g/mol. The molecule has 0 radical (unpaired) electrons. The Hall–Kier alpha value is -2.55. The average Bonchev–Trinajstić information content (AvgIpc) is 2.85. The number of H-pyrrole nitrogens is 1. The predicted octanol–water partition coefficient (Wildman–Crippen LogP) is 2.69. The summed E-state index contributed by atoms with van der Waals surface area (Å²) in [6, 6.07) is 4.60. The Bertz CT molecular complexity index is 765. The van der Waals surface area contributed by atoms with E-state index in [1.54, 1.807) is 6.07 Å². The number of nitrogens with zero attached hydrogens (tertiary/aromatic N) is 4. The lowest BCUT2D eigenvalue weighted by Crippen LogP contribution is -1.99. The lowest BCUT2D eigenvalue weighted by atomic mass is 10.2. The van der Waals surface area contributed by atoms with Crippen LogP contribution < -0.4 is 4.74 Å². The van der Waals surface area contributed by atoms with Crippen molar-refractivity contribution in [1.29, 1.82) is 0 Å². The van der Waals surface area contributed by atoms with E-state index in [9.17, 15) is 10.1 Å². The summed E-state index contributed by atoms with van der Waals surface area (Å²) >= 11 is 5.11. The molecule has 9 heteroatoms. The van der Waals surface area contributed by atoms with Gasteiger partial charge >= 0.3 is 5.69 Å². The van der Waals surface area contributed by atoms with Gasteiger partial charge in [0.25, 0.3) is 0 Å². The number of nitro groups is 1. The van der Waals surface area contributed by atoms with Crippen molar-refractivity contribution < 1.29 is 9.66 Å². The lowest BCUT2D eigenvalue weighted by molar-refractivity contribution is -0.385. The molecule has 0 aliphatic heterocycles. The molecule has 2 aromatic rings. The first-order valence-electron chi connectivity index (χ1n) is 6.60. The molecule has 1 N–H and O–H groups in total. The quantitative estimate of drug-likeness (QED) is 0.382. The molecule has 0 amide bonds. The SMILES string of the molecule is CCCc1n[nH]c(=S)n1/N=C/c1ccc(OC)c([N+](=O)[O-])c1. The van der Waals surface area contributed by atoms with E-state index in [1.807, 2.05) is 6.92 Å². The van der Waals surface area contributed by atoms with Crippen molar-refractivity contribution in [3.63, 3.8) is 0 Å². The van der Waals surface area contributed by atoms with E-state index >= 15 is 0 Å². The van der Waals surface area contributed by atoms with Crippen LogP contribution in [0, 0.1) is 14.9 Å². The molecule has 0 atom stereocenters. The number of nitro benzene ring substituents is 1. The highest BCUT2D eigenvalue weighted by atomic mass is 32.1. The standard InChI is InChI=1S/C13H15N5O3S/c1-3-4-12-15-16-13(22)17(12)14-8-9-5-6-11(21-2)10(7-9)18(19)20/h5-8H,3-4H2,1-2H3,(H,16,22)/b14-8+. The van der Waals surface area contributed by atoms with Gasteiger partial charge in [0.1, 0.15) is 0 Å². The van der Waals surface area contributed by atoms with Crippen LogP contribution in [0.4, 0.5) is 5.69 Å². The maximum Gasteiger partial charge on any atom is 0.311 e. The summed E-state index contributed by atoms with van der Waals surface area (Å²) in [5.41, 5.74) is 0.453. The van der Waals surface area contributed by atoms with E-state index in [2.05, 4.69) is 15.3 Å². The third-order valence-corrected chi connectivity index (χ3v) is 3.18. The van der Waals surface area contributed by atoms with Crippen molar-refractivity contribution in [3.05, 3.63) is 44.5 Å². The number of hydrogen-bond acceptors (Lipinski definition) is 6. The maximum atomic E-state index is 11.0. The molecule has 8 nitrogen and oxygen atoms in total. The van der Waals surface area contributed by atoms with Crippen LogP contribution in [0.15, 0.2) is 23.3 Å². The van der Waals surface area contributed by atoms with Crippen molar-refractivity contribution in [2.24, 2.45) is 5.10 Å². The summed E-state index contributed by atoms with van der Waals surface area (Å²) in [5.74, 6) is 0.917. The normalized spacial score (nSPS) is 11.0. The number of rotatable bonds is 6. The molecule has 0 aliphatic rings. The topological polar surface area (TPSA) is 98.3 Å². The van der Waals surface area contributed by atoms with Gasteiger partial charge in [-0.3, -0.25) is 15.2 Å². The summed E-state index contributed by atoms with van der Waals surface area (Å²) in [7, 11) is 1.39. The van der Waals surface area contributed by atoms with E-state index in [-0.39, 0.29) is 11.4 Å². The van der Waals surface area contributed by atoms with Gasteiger partial charge in [-0.15, -0.1) is 0 Å². The molecule has 1 aromatic carbocycles. The Balaban J connectivity index is 2.35. The van der Waals surface area contributed by atoms with Gasteiger partial charge in [-0.2, -0.15) is 14.9 Å². The van der Waals surface area contributed by atoms with Gasteiger partial charge in [-0.05, 0) is 30.8 Å². The van der Waals surface area contributed by atoms with Gasteiger partial charge in [0.05, 0.1) is 18.2 Å². The first kappa shape index (κ1) is 15.8. The fourth-order valence-electron chi connectivity index (χ4n) is 1.88. The van der Waals surface area contributed by atoms with E-state index < -0.39 is 4.92 Å². The zero-order valence-corrected chi connectivity index (χ0v) is 13.0. The third kappa shape index (κ3) is 3.37. The first-order valence-corrected chi connectivity index (χ1v) is 7.00. The van der Waals surface area contributed by atoms with Crippen LogP contribution in [0.25, 0.3) is 0 Å². The number of ether oxygens (including phenoxy) is 1. The third-order valence-electron chi connectivity index (χ3n) is 2.91. The van der Waals surface area contributed by atoms with Crippen LogP contribution in [0.5, 0.6) is 5.75 Å². The van der Waals surface area contributed by atoms with E-state index in [4.69, 9.17) is 17.0 Å².